The van der Waals surface area contributed by atoms with Crippen LogP contribution in [0.15, 0.2) is 18.2 Å². The molecule has 1 heterocycles. The number of fused-ring (bicyclic) bond motifs is 1. The van der Waals surface area contributed by atoms with Crippen LogP contribution in [0.3, 0.4) is 0 Å². The summed E-state index contributed by atoms with van der Waals surface area (Å²) >= 11 is 0. The smallest absolute Gasteiger partial charge is 0.231 e. The molecule has 0 bridgehead atoms. The minimum absolute atomic E-state index is 0.249. The van der Waals surface area contributed by atoms with Gasteiger partial charge in [0.2, 0.25) is 6.79 Å². The van der Waals surface area contributed by atoms with Gasteiger partial charge in [0.15, 0.2) is 11.5 Å². The maximum Gasteiger partial charge on any atom is 0.231 e. The minimum Gasteiger partial charge on any atom is -0.454 e. The van der Waals surface area contributed by atoms with E-state index in [0.29, 0.717) is 11.5 Å². The fourth-order valence-electron chi connectivity index (χ4n) is 1.28. The number of aliphatic hydroxyl groups excluding tert-OH is 1. The highest BCUT2D eigenvalue weighted by Crippen LogP contribution is 2.37. The van der Waals surface area contributed by atoms with Gasteiger partial charge in [0, 0.05) is 5.56 Å². The average Bonchev–Trinajstić information content (AvgIpc) is 2.49. The highest BCUT2D eigenvalue weighted by molar-refractivity contribution is 5.48. The first kappa shape index (κ1) is 7.43. The highest BCUT2D eigenvalue weighted by Gasteiger charge is 2.19. The monoisotopic (exact) mass is 166 g/mol. The van der Waals surface area contributed by atoms with Crippen molar-refractivity contribution >= 4 is 0 Å². The first-order valence-electron chi connectivity index (χ1n) is 3.85. The van der Waals surface area contributed by atoms with Gasteiger partial charge in [-0.3, -0.25) is 0 Å². The van der Waals surface area contributed by atoms with E-state index in [1.807, 2.05) is 18.2 Å². The summed E-state index contributed by atoms with van der Waals surface area (Å²) in [4.78, 5) is 0. The summed E-state index contributed by atoms with van der Waals surface area (Å²) in [5.74, 6) is 1.39. The van der Waals surface area contributed by atoms with Crippen LogP contribution in [-0.2, 0) is 0 Å². The van der Waals surface area contributed by atoms with Gasteiger partial charge >= 0.3 is 0 Å². The molecule has 1 aliphatic rings. The lowest BCUT2D eigenvalue weighted by Gasteiger charge is -2.07. The van der Waals surface area contributed by atoms with E-state index in [4.69, 9.17) is 9.47 Å². The quantitative estimate of drug-likeness (QED) is 0.686. The molecule has 3 nitrogen and oxygen atoms in total. The van der Waals surface area contributed by atoms with Gasteiger partial charge in [-0.05, 0) is 13.0 Å². The van der Waals surface area contributed by atoms with Gasteiger partial charge in [0.25, 0.3) is 0 Å². The Morgan fingerprint density at radius 1 is 1.42 bits per heavy atom. The van der Waals surface area contributed by atoms with E-state index < -0.39 is 6.10 Å². The Balaban J connectivity index is 2.49. The molecule has 64 valence electrons. The van der Waals surface area contributed by atoms with E-state index in [9.17, 15) is 5.11 Å². The van der Waals surface area contributed by atoms with Crippen LogP contribution in [0.2, 0.25) is 0 Å². The predicted octanol–water partition coefficient (Wildman–Crippen LogP) is 1.47. The van der Waals surface area contributed by atoms with Gasteiger partial charge in [-0.25, -0.2) is 0 Å². The van der Waals surface area contributed by atoms with Gasteiger partial charge in [-0.1, -0.05) is 12.1 Å². The molecule has 0 fully saturated rings. The van der Waals surface area contributed by atoms with E-state index in [1.54, 1.807) is 6.92 Å². The number of ether oxygens (including phenoxy) is 2. The number of benzene rings is 1. The van der Waals surface area contributed by atoms with Gasteiger partial charge in [-0.2, -0.15) is 0 Å². The molecule has 12 heavy (non-hydrogen) atoms. The molecule has 3 heteroatoms. The Morgan fingerprint density at radius 2 is 2.25 bits per heavy atom. The molecule has 0 saturated heterocycles. The predicted molar refractivity (Wildman–Crippen MR) is 43.2 cm³/mol. The molecular weight excluding hydrogens is 156 g/mol. The van der Waals surface area contributed by atoms with Crippen LogP contribution >= 0.6 is 0 Å². The number of aliphatic hydroxyl groups is 1. The van der Waals surface area contributed by atoms with Crippen molar-refractivity contribution in [1.82, 2.24) is 0 Å². The lowest BCUT2D eigenvalue weighted by atomic mass is 10.1. The Morgan fingerprint density at radius 3 is 3.00 bits per heavy atom. The van der Waals surface area contributed by atoms with Crippen molar-refractivity contribution in [3.8, 4) is 11.5 Å². The van der Waals surface area contributed by atoms with Gasteiger partial charge in [0.05, 0.1) is 6.10 Å². The molecule has 0 aliphatic carbocycles. The molecular formula is C9H10O3. The van der Waals surface area contributed by atoms with Gasteiger partial charge < -0.3 is 14.6 Å². The van der Waals surface area contributed by atoms with Crippen molar-refractivity contribution in [2.24, 2.45) is 0 Å². The summed E-state index contributed by atoms with van der Waals surface area (Å²) in [6.07, 6.45) is -0.512. The number of hydrogen-bond donors (Lipinski definition) is 1. The minimum atomic E-state index is -0.512. The largest absolute Gasteiger partial charge is 0.454 e. The number of para-hydroxylation sites is 1. The summed E-state index contributed by atoms with van der Waals surface area (Å²) in [5, 5.41) is 9.35. The van der Waals surface area contributed by atoms with Crippen LogP contribution in [0.1, 0.15) is 18.6 Å². The van der Waals surface area contributed by atoms with E-state index >= 15 is 0 Å². The maximum absolute atomic E-state index is 9.35. The molecule has 2 rings (SSSR count). The lowest BCUT2D eigenvalue weighted by molar-refractivity contribution is 0.164. The van der Waals surface area contributed by atoms with Crippen LogP contribution in [-0.4, -0.2) is 11.9 Å². The van der Waals surface area contributed by atoms with Crippen molar-refractivity contribution in [1.29, 1.82) is 0 Å². The molecule has 1 aromatic rings. The zero-order valence-electron chi connectivity index (χ0n) is 6.78. The third kappa shape index (κ3) is 1.02. The molecule has 1 N–H and O–H groups in total. The van der Waals surface area contributed by atoms with E-state index in [0.717, 1.165) is 5.56 Å². The molecule has 1 aromatic carbocycles. The van der Waals surface area contributed by atoms with E-state index in [2.05, 4.69) is 0 Å². The second-order valence-electron chi connectivity index (χ2n) is 2.76. The van der Waals surface area contributed by atoms with Crippen molar-refractivity contribution in [2.45, 2.75) is 13.0 Å². The van der Waals surface area contributed by atoms with Crippen LogP contribution in [0.4, 0.5) is 0 Å². The zero-order chi connectivity index (χ0) is 8.55. The standard InChI is InChI=1S/C9H10O3/c1-6(10)7-3-2-4-8-9(7)12-5-11-8/h2-4,6,10H,5H2,1H3/t6-/m0/s1. The van der Waals surface area contributed by atoms with Crippen LogP contribution in [0.5, 0.6) is 11.5 Å². The summed E-state index contributed by atoms with van der Waals surface area (Å²) in [6.45, 7) is 1.95. The number of hydrogen-bond acceptors (Lipinski definition) is 3. The summed E-state index contributed by atoms with van der Waals surface area (Å²) in [5.41, 5.74) is 0.782. The van der Waals surface area contributed by atoms with Crippen LogP contribution < -0.4 is 9.47 Å². The fraction of sp³-hybridized carbons (Fsp3) is 0.333. The SMILES string of the molecule is C[C@H](O)c1cccc2c1OCO2. The third-order valence-corrected chi connectivity index (χ3v) is 1.88. The second kappa shape index (κ2) is 2.68. The first-order valence-corrected chi connectivity index (χ1v) is 3.85. The average molecular weight is 166 g/mol. The van der Waals surface area contributed by atoms with Gasteiger partial charge in [0.1, 0.15) is 0 Å². The molecule has 0 unspecified atom stereocenters. The highest BCUT2D eigenvalue weighted by atomic mass is 16.7. The van der Waals surface area contributed by atoms with Gasteiger partial charge in [-0.15, -0.1) is 0 Å². The van der Waals surface area contributed by atoms with E-state index in [1.165, 1.54) is 0 Å². The third-order valence-electron chi connectivity index (χ3n) is 1.88. The van der Waals surface area contributed by atoms with Crippen molar-refractivity contribution in [2.75, 3.05) is 6.79 Å². The topological polar surface area (TPSA) is 38.7 Å². The molecule has 0 spiro atoms. The normalized spacial score (nSPS) is 16.2. The fourth-order valence-corrected chi connectivity index (χ4v) is 1.28. The number of rotatable bonds is 1. The molecule has 0 radical (unpaired) electrons. The van der Waals surface area contributed by atoms with Crippen molar-refractivity contribution in [3.05, 3.63) is 23.8 Å². The van der Waals surface area contributed by atoms with Crippen molar-refractivity contribution < 1.29 is 14.6 Å². The second-order valence-corrected chi connectivity index (χ2v) is 2.76. The van der Waals surface area contributed by atoms with Crippen molar-refractivity contribution in [3.63, 3.8) is 0 Å². The Labute approximate surface area is 70.5 Å². The Hall–Kier alpha value is -1.22. The van der Waals surface area contributed by atoms with Crippen LogP contribution in [0, 0.1) is 0 Å². The molecule has 1 atom stereocenters. The molecule has 0 aromatic heterocycles. The lowest BCUT2D eigenvalue weighted by Crippen LogP contribution is -1.96. The van der Waals surface area contributed by atoms with Crippen LogP contribution in [0.25, 0.3) is 0 Å². The first-order chi connectivity index (χ1) is 5.79. The zero-order valence-corrected chi connectivity index (χ0v) is 6.78. The summed E-state index contributed by atoms with van der Waals surface area (Å²) < 4.78 is 10.4. The maximum atomic E-state index is 9.35. The molecule has 0 amide bonds. The Kier molecular flexibility index (Phi) is 1.66. The Bertz CT molecular complexity index is 294. The summed E-state index contributed by atoms with van der Waals surface area (Å²) in [7, 11) is 0. The summed E-state index contributed by atoms with van der Waals surface area (Å²) in [6, 6.07) is 5.50. The van der Waals surface area contributed by atoms with E-state index in [-0.39, 0.29) is 6.79 Å². The molecule has 0 saturated carbocycles. The molecule has 1 aliphatic heterocycles.